The Hall–Kier alpha value is -3.20. The highest BCUT2D eigenvalue weighted by atomic mass is 32.2. The Morgan fingerprint density at radius 2 is 1.96 bits per heavy atom. The number of nitrogens with zero attached hydrogens (tertiary/aromatic N) is 3. The van der Waals surface area contributed by atoms with Crippen LogP contribution in [-0.2, 0) is 11.4 Å². The van der Waals surface area contributed by atoms with Crippen LogP contribution in [0.15, 0.2) is 53.7 Å². The summed E-state index contributed by atoms with van der Waals surface area (Å²) in [5.74, 6) is 1.07. The fourth-order valence-electron chi connectivity index (χ4n) is 2.56. The number of fused-ring (bicyclic) bond motifs is 1. The average molecular weight is 384 g/mol. The molecule has 0 spiro atoms. The molecule has 27 heavy (non-hydrogen) atoms. The largest absolute Gasteiger partial charge is 0.549 e. The van der Waals surface area contributed by atoms with Gasteiger partial charge in [-0.15, -0.1) is 10.2 Å². The quantitative estimate of drug-likeness (QED) is 0.564. The van der Waals surface area contributed by atoms with Crippen LogP contribution in [0.25, 0.3) is 5.69 Å². The number of ether oxygens (including phenoxy) is 3. The number of benzene rings is 2. The van der Waals surface area contributed by atoms with Crippen LogP contribution in [0.4, 0.5) is 0 Å². The molecule has 9 heteroatoms. The first-order valence-electron chi connectivity index (χ1n) is 8.05. The Balaban J connectivity index is 1.57. The van der Waals surface area contributed by atoms with E-state index < -0.39 is 5.97 Å². The molecule has 0 bridgehead atoms. The van der Waals surface area contributed by atoms with Gasteiger partial charge in [0.2, 0.25) is 6.79 Å². The summed E-state index contributed by atoms with van der Waals surface area (Å²) >= 11 is 1.04. The lowest BCUT2D eigenvalue weighted by molar-refractivity contribution is -0.301. The number of aliphatic carboxylic acids is 1. The highest BCUT2D eigenvalue weighted by Crippen LogP contribution is 2.35. The molecule has 2 aromatic carbocycles. The Morgan fingerprint density at radius 3 is 2.78 bits per heavy atom. The molecule has 1 aliphatic heterocycles. The third kappa shape index (κ3) is 3.82. The molecule has 0 N–H and O–H groups in total. The molecular formula is C18H14N3O5S-. The highest BCUT2D eigenvalue weighted by Gasteiger charge is 2.17. The zero-order chi connectivity index (χ0) is 18.6. The fourth-order valence-corrected chi connectivity index (χ4v) is 3.25. The molecule has 1 aliphatic rings. The maximum Gasteiger partial charge on any atom is 0.231 e. The van der Waals surface area contributed by atoms with Gasteiger partial charge in [-0.25, -0.2) is 0 Å². The van der Waals surface area contributed by atoms with E-state index in [2.05, 4.69) is 10.2 Å². The van der Waals surface area contributed by atoms with Gasteiger partial charge in [0, 0.05) is 17.5 Å². The number of rotatable bonds is 7. The molecule has 0 unspecified atom stereocenters. The predicted molar refractivity (Wildman–Crippen MR) is 94.0 cm³/mol. The minimum Gasteiger partial charge on any atom is -0.549 e. The van der Waals surface area contributed by atoms with E-state index in [4.69, 9.17) is 14.2 Å². The molecule has 4 rings (SSSR count). The lowest BCUT2D eigenvalue weighted by Crippen LogP contribution is -2.24. The molecule has 0 amide bonds. The van der Waals surface area contributed by atoms with E-state index in [0.717, 1.165) is 17.4 Å². The lowest BCUT2D eigenvalue weighted by Gasteiger charge is -2.11. The van der Waals surface area contributed by atoms with Crippen molar-refractivity contribution in [2.75, 3.05) is 12.5 Å². The molecule has 0 radical (unpaired) electrons. The van der Waals surface area contributed by atoms with Crippen LogP contribution in [0.2, 0.25) is 0 Å². The van der Waals surface area contributed by atoms with E-state index in [-0.39, 0.29) is 19.2 Å². The van der Waals surface area contributed by atoms with Crippen LogP contribution in [0.1, 0.15) is 5.82 Å². The summed E-state index contributed by atoms with van der Waals surface area (Å²) in [5.41, 5.74) is 0.813. The standard InChI is InChI=1S/C18H15N3O5S/c22-17(23)10-27-18-20-19-16(21(18)12-4-2-1-3-5-12)9-24-13-6-7-14-15(8-13)26-11-25-14/h1-8H,9-11H2,(H,22,23)/p-1. The van der Waals surface area contributed by atoms with Crippen molar-refractivity contribution in [3.05, 3.63) is 54.4 Å². The second kappa shape index (κ2) is 7.58. The first kappa shape index (κ1) is 17.2. The van der Waals surface area contributed by atoms with Crippen LogP contribution < -0.4 is 19.3 Å². The van der Waals surface area contributed by atoms with E-state index in [9.17, 15) is 9.90 Å². The molecule has 0 aliphatic carbocycles. The number of hydrogen-bond acceptors (Lipinski definition) is 8. The summed E-state index contributed by atoms with van der Waals surface area (Å²) in [6.45, 7) is 0.341. The van der Waals surface area contributed by atoms with Crippen molar-refractivity contribution in [1.29, 1.82) is 0 Å². The minimum atomic E-state index is -1.17. The first-order chi connectivity index (χ1) is 13.2. The Bertz CT molecular complexity index is 961. The van der Waals surface area contributed by atoms with E-state index in [1.54, 1.807) is 22.8 Å². The van der Waals surface area contributed by atoms with Crippen LogP contribution in [0, 0.1) is 0 Å². The number of carboxylic acid groups (broad SMARTS) is 1. The number of thioether (sulfide) groups is 1. The highest BCUT2D eigenvalue weighted by molar-refractivity contribution is 7.99. The van der Waals surface area contributed by atoms with Crippen molar-refractivity contribution < 1.29 is 24.1 Å². The van der Waals surface area contributed by atoms with Gasteiger partial charge in [0.05, 0.1) is 5.97 Å². The summed E-state index contributed by atoms with van der Waals surface area (Å²) in [5, 5.41) is 19.5. The lowest BCUT2D eigenvalue weighted by atomic mass is 10.3. The Labute approximate surface area is 158 Å². The van der Waals surface area contributed by atoms with Crippen LogP contribution in [0.3, 0.4) is 0 Å². The van der Waals surface area contributed by atoms with E-state index in [1.165, 1.54) is 0 Å². The normalized spacial score (nSPS) is 12.1. The SMILES string of the molecule is O=C([O-])CSc1nnc(COc2ccc3c(c2)OCO3)n1-c1ccccc1. The smallest absolute Gasteiger partial charge is 0.231 e. The first-order valence-corrected chi connectivity index (χ1v) is 9.04. The van der Waals surface area contributed by atoms with Gasteiger partial charge in [-0.2, -0.15) is 0 Å². The molecule has 1 aromatic heterocycles. The molecule has 138 valence electrons. The van der Waals surface area contributed by atoms with Crippen molar-refractivity contribution in [3.8, 4) is 22.9 Å². The van der Waals surface area contributed by atoms with Crippen molar-refractivity contribution in [2.24, 2.45) is 0 Å². The zero-order valence-corrected chi connectivity index (χ0v) is 14.8. The molecule has 3 aromatic rings. The monoisotopic (exact) mass is 384 g/mol. The molecule has 0 fully saturated rings. The van der Waals surface area contributed by atoms with Gasteiger partial charge in [-0.1, -0.05) is 30.0 Å². The van der Waals surface area contributed by atoms with Gasteiger partial charge in [0.1, 0.15) is 12.4 Å². The minimum absolute atomic E-state index is 0.146. The van der Waals surface area contributed by atoms with Crippen LogP contribution in [-0.4, -0.2) is 33.3 Å². The van der Waals surface area contributed by atoms with Crippen molar-refractivity contribution >= 4 is 17.7 Å². The number of carbonyl (C=O) groups excluding carboxylic acids is 1. The molecular weight excluding hydrogens is 370 g/mol. The third-order valence-corrected chi connectivity index (χ3v) is 4.65. The van der Waals surface area contributed by atoms with E-state index in [1.807, 2.05) is 30.3 Å². The number of aromatic nitrogens is 3. The predicted octanol–water partition coefficient (Wildman–Crippen LogP) is 1.42. The van der Waals surface area contributed by atoms with Crippen LogP contribution in [0.5, 0.6) is 17.2 Å². The number of carboxylic acids is 1. The number of carbonyl (C=O) groups is 1. The fraction of sp³-hybridized carbons (Fsp3) is 0.167. The van der Waals surface area contributed by atoms with Gasteiger partial charge in [-0.05, 0) is 24.3 Å². The molecule has 0 saturated heterocycles. The molecule has 0 atom stereocenters. The Morgan fingerprint density at radius 1 is 1.15 bits per heavy atom. The summed E-state index contributed by atoms with van der Waals surface area (Å²) < 4.78 is 18.2. The third-order valence-electron chi connectivity index (χ3n) is 3.75. The van der Waals surface area contributed by atoms with E-state index >= 15 is 0 Å². The topological polar surface area (TPSA) is 98.5 Å². The molecule has 8 nitrogen and oxygen atoms in total. The average Bonchev–Trinajstić information content (AvgIpc) is 3.31. The van der Waals surface area contributed by atoms with E-state index in [0.29, 0.717) is 28.2 Å². The van der Waals surface area contributed by atoms with Gasteiger partial charge >= 0.3 is 0 Å². The summed E-state index contributed by atoms with van der Waals surface area (Å²) in [7, 11) is 0. The van der Waals surface area contributed by atoms with Crippen molar-refractivity contribution in [1.82, 2.24) is 14.8 Å². The summed E-state index contributed by atoms with van der Waals surface area (Å²) in [4.78, 5) is 10.8. The van der Waals surface area contributed by atoms with Crippen molar-refractivity contribution in [3.63, 3.8) is 0 Å². The summed E-state index contributed by atoms with van der Waals surface area (Å²) in [6, 6.07) is 14.7. The number of para-hydroxylation sites is 1. The summed E-state index contributed by atoms with van der Waals surface area (Å²) in [6.07, 6.45) is 0. The van der Waals surface area contributed by atoms with Gasteiger partial charge < -0.3 is 24.1 Å². The maximum atomic E-state index is 10.8. The van der Waals surface area contributed by atoms with Gasteiger partial charge in [0.25, 0.3) is 0 Å². The number of hydrogen-bond donors (Lipinski definition) is 0. The second-order valence-corrected chi connectivity index (χ2v) is 6.48. The zero-order valence-electron chi connectivity index (χ0n) is 14.0. The van der Waals surface area contributed by atoms with Crippen molar-refractivity contribution in [2.45, 2.75) is 11.8 Å². The maximum absolute atomic E-state index is 10.8. The van der Waals surface area contributed by atoms with Gasteiger partial charge in [0.15, 0.2) is 22.5 Å². The van der Waals surface area contributed by atoms with Crippen LogP contribution >= 0.6 is 11.8 Å². The molecule has 0 saturated carbocycles. The Kier molecular flexibility index (Phi) is 4.84. The molecule has 2 heterocycles. The second-order valence-electron chi connectivity index (χ2n) is 5.53. The van der Waals surface area contributed by atoms with Gasteiger partial charge in [-0.3, -0.25) is 4.57 Å².